The minimum absolute atomic E-state index is 0.146. The van der Waals surface area contributed by atoms with Crippen LogP contribution in [0.3, 0.4) is 0 Å². The van der Waals surface area contributed by atoms with E-state index in [-0.39, 0.29) is 11.0 Å². The summed E-state index contributed by atoms with van der Waals surface area (Å²) in [5.41, 5.74) is -0.190. The summed E-state index contributed by atoms with van der Waals surface area (Å²) in [6.07, 6.45) is 6.31. The Bertz CT molecular complexity index is 445. The predicted molar refractivity (Wildman–Crippen MR) is 82.1 cm³/mol. The molecular formula is C16H29N3O2. The number of rotatable bonds is 5. The van der Waals surface area contributed by atoms with Crippen LogP contribution in [0.5, 0.6) is 0 Å². The van der Waals surface area contributed by atoms with E-state index in [1.807, 2.05) is 7.05 Å². The van der Waals surface area contributed by atoms with Crippen molar-refractivity contribution in [2.75, 3.05) is 14.2 Å². The molecule has 120 valence electrons. The molecule has 21 heavy (non-hydrogen) atoms. The summed E-state index contributed by atoms with van der Waals surface area (Å²) >= 11 is 0. The van der Waals surface area contributed by atoms with Crippen molar-refractivity contribution in [1.29, 1.82) is 0 Å². The largest absolute Gasteiger partial charge is 0.370 e. The van der Waals surface area contributed by atoms with Crippen LogP contribution >= 0.6 is 0 Å². The zero-order valence-electron chi connectivity index (χ0n) is 14.0. The van der Waals surface area contributed by atoms with Crippen LogP contribution in [0.1, 0.15) is 64.6 Å². The molecule has 0 spiro atoms. The zero-order valence-corrected chi connectivity index (χ0v) is 14.0. The molecule has 1 aromatic rings. The van der Waals surface area contributed by atoms with Crippen LogP contribution in [-0.2, 0) is 16.8 Å². The average molecular weight is 295 g/mol. The summed E-state index contributed by atoms with van der Waals surface area (Å²) < 4.78 is 11.3. The molecule has 5 heteroatoms. The molecule has 1 atom stereocenters. The highest BCUT2D eigenvalue weighted by molar-refractivity contribution is 5.04. The van der Waals surface area contributed by atoms with Gasteiger partial charge in [-0.05, 0) is 25.3 Å². The van der Waals surface area contributed by atoms with Gasteiger partial charge in [0.15, 0.2) is 0 Å². The van der Waals surface area contributed by atoms with E-state index in [2.05, 4.69) is 36.2 Å². The molecule has 0 bridgehead atoms. The second-order valence-corrected chi connectivity index (χ2v) is 7.18. The van der Waals surface area contributed by atoms with E-state index in [0.717, 1.165) is 25.1 Å². The Morgan fingerprint density at radius 3 is 2.48 bits per heavy atom. The van der Waals surface area contributed by atoms with Gasteiger partial charge in [0.25, 0.3) is 0 Å². The second kappa shape index (κ2) is 6.44. The van der Waals surface area contributed by atoms with Crippen molar-refractivity contribution in [2.45, 2.75) is 70.9 Å². The monoisotopic (exact) mass is 295 g/mol. The minimum atomic E-state index is -0.336. The maximum absolute atomic E-state index is 5.78. The van der Waals surface area contributed by atoms with Gasteiger partial charge in [0.05, 0.1) is 0 Å². The van der Waals surface area contributed by atoms with Gasteiger partial charge >= 0.3 is 0 Å². The van der Waals surface area contributed by atoms with Crippen molar-refractivity contribution in [3.05, 3.63) is 11.7 Å². The Balaban J connectivity index is 2.13. The van der Waals surface area contributed by atoms with Gasteiger partial charge in [-0.3, -0.25) is 0 Å². The van der Waals surface area contributed by atoms with Crippen LogP contribution < -0.4 is 5.32 Å². The third kappa shape index (κ3) is 3.64. The molecule has 0 aliphatic heterocycles. The zero-order chi connectivity index (χ0) is 15.5. The maximum atomic E-state index is 5.78. The lowest BCUT2D eigenvalue weighted by Crippen LogP contribution is -2.40. The summed E-state index contributed by atoms with van der Waals surface area (Å²) in [5.74, 6) is 1.42. The molecule has 1 heterocycles. The molecular weight excluding hydrogens is 266 g/mol. The number of methoxy groups -OCH3 is 1. The first-order chi connectivity index (χ1) is 9.91. The summed E-state index contributed by atoms with van der Waals surface area (Å²) in [4.78, 5) is 4.64. The van der Waals surface area contributed by atoms with E-state index in [1.54, 1.807) is 7.11 Å². The summed E-state index contributed by atoms with van der Waals surface area (Å²) in [6.45, 7) is 6.63. The molecule has 2 rings (SSSR count). The molecule has 5 nitrogen and oxygen atoms in total. The Hall–Kier alpha value is -0.940. The topological polar surface area (TPSA) is 60.2 Å². The van der Waals surface area contributed by atoms with Crippen molar-refractivity contribution < 1.29 is 9.26 Å². The smallest absolute Gasteiger partial charge is 0.228 e. The molecule has 1 aromatic heterocycles. The lowest BCUT2D eigenvalue weighted by Gasteiger charge is -2.32. The van der Waals surface area contributed by atoms with E-state index in [9.17, 15) is 0 Å². The van der Waals surface area contributed by atoms with Crippen LogP contribution in [0.25, 0.3) is 0 Å². The van der Waals surface area contributed by atoms with E-state index >= 15 is 0 Å². The first kappa shape index (κ1) is 16.4. The average Bonchev–Trinajstić information content (AvgIpc) is 2.93. The van der Waals surface area contributed by atoms with Crippen molar-refractivity contribution >= 4 is 0 Å². The van der Waals surface area contributed by atoms with Gasteiger partial charge < -0.3 is 14.6 Å². The van der Waals surface area contributed by atoms with Gasteiger partial charge in [-0.2, -0.15) is 4.98 Å². The third-order valence-electron chi connectivity index (χ3n) is 4.70. The minimum Gasteiger partial charge on any atom is -0.370 e. The van der Waals surface area contributed by atoms with Crippen molar-refractivity contribution in [1.82, 2.24) is 15.5 Å². The fourth-order valence-electron chi connectivity index (χ4n) is 3.18. The Morgan fingerprint density at radius 2 is 1.95 bits per heavy atom. The fraction of sp³-hybridized carbons (Fsp3) is 0.875. The van der Waals surface area contributed by atoms with E-state index in [0.29, 0.717) is 11.9 Å². The molecule has 1 saturated carbocycles. The first-order valence-corrected chi connectivity index (χ1v) is 7.97. The number of likely N-dealkylation sites (N-methyl/N-ethyl adjacent to an activating group) is 1. The van der Waals surface area contributed by atoms with Crippen molar-refractivity contribution in [3.63, 3.8) is 0 Å². The van der Waals surface area contributed by atoms with Crippen LogP contribution in [0.2, 0.25) is 0 Å². The summed E-state index contributed by atoms with van der Waals surface area (Å²) in [6, 6.07) is 0.302. The molecule has 0 amide bonds. The number of nitrogens with zero attached hydrogens (tertiary/aromatic N) is 2. The highest BCUT2D eigenvalue weighted by Gasteiger charge is 2.38. The van der Waals surface area contributed by atoms with Gasteiger partial charge in [-0.1, -0.05) is 45.2 Å². The maximum Gasteiger partial charge on any atom is 0.228 e. The van der Waals surface area contributed by atoms with Crippen LogP contribution in [0, 0.1) is 5.41 Å². The number of hydrogen-bond donors (Lipinski definition) is 1. The van der Waals surface area contributed by atoms with Crippen LogP contribution in [-0.4, -0.2) is 30.3 Å². The summed E-state index contributed by atoms with van der Waals surface area (Å²) in [7, 11) is 3.73. The molecule has 1 fully saturated rings. The van der Waals surface area contributed by atoms with Crippen LogP contribution in [0.15, 0.2) is 4.52 Å². The third-order valence-corrected chi connectivity index (χ3v) is 4.70. The molecule has 0 saturated heterocycles. The molecule has 0 radical (unpaired) electrons. The lowest BCUT2D eigenvalue weighted by atomic mass is 9.84. The quantitative estimate of drug-likeness (QED) is 0.904. The first-order valence-electron chi connectivity index (χ1n) is 7.97. The van der Waals surface area contributed by atoms with Crippen LogP contribution in [0.4, 0.5) is 0 Å². The highest BCUT2D eigenvalue weighted by Crippen LogP contribution is 2.38. The van der Waals surface area contributed by atoms with Gasteiger partial charge in [-0.25, -0.2) is 0 Å². The van der Waals surface area contributed by atoms with Crippen molar-refractivity contribution in [2.24, 2.45) is 5.41 Å². The molecule has 1 aliphatic carbocycles. The second-order valence-electron chi connectivity index (χ2n) is 7.18. The van der Waals surface area contributed by atoms with E-state index in [1.165, 1.54) is 19.3 Å². The van der Waals surface area contributed by atoms with Crippen molar-refractivity contribution in [3.8, 4) is 0 Å². The van der Waals surface area contributed by atoms with Gasteiger partial charge in [0, 0.05) is 19.6 Å². The van der Waals surface area contributed by atoms with Gasteiger partial charge in [0.2, 0.25) is 11.7 Å². The number of ether oxygens (including phenoxy) is 1. The lowest BCUT2D eigenvalue weighted by molar-refractivity contribution is -0.0527. The normalized spacial score (nSPS) is 20.4. The number of nitrogens with one attached hydrogen (secondary N) is 1. The van der Waals surface area contributed by atoms with E-state index < -0.39 is 0 Å². The fourth-order valence-corrected chi connectivity index (χ4v) is 3.18. The Kier molecular flexibility index (Phi) is 5.04. The molecule has 0 aromatic carbocycles. The molecule has 1 N–H and O–H groups in total. The summed E-state index contributed by atoms with van der Waals surface area (Å²) in [5, 5.41) is 7.56. The highest BCUT2D eigenvalue weighted by atomic mass is 16.5. The van der Waals surface area contributed by atoms with Gasteiger partial charge in [0.1, 0.15) is 5.60 Å². The number of aromatic nitrogens is 2. The standard InChI is InChI=1S/C16H29N3O2/c1-15(2,3)12(17-4)11-13-18-14(19-21-13)16(20-5)9-7-6-8-10-16/h12,17H,6-11H2,1-5H3. The Labute approximate surface area is 127 Å². The van der Waals surface area contributed by atoms with E-state index in [4.69, 9.17) is 9.26 Å². The number of hydrogen-bond acceptors (Lipinski definition) is 5. The predicted octanol–water partition coefficient (Wildman–Crippen LogP) is 3.05. The molecule has 1 unspecified atom stereocenters. The Morgan fingerprint density at radius 1 is 1.29 bits per heavy atom. The molecule has 1 aliphatic rings. The van der Waals surface area contributed by atoms with Gasteiger partial charge in [-0.15, -0.1) is 0 Å². The SMILES string of the molecule is CNC(Cc1nc(C2(OC)CCCCC2)no1)C(C)(C)C.